The Bertz CT molecular complexity index is 380. The van der Waals surface area contributed by atoms with Gasteiger partial charge in [-0.2, -0.15) is 0 Å². The molecule has 100 valence electrons. The number of methoxy groups -OCH3 is 1. The van der Waals surface area contributed by atoms with Gasteiger partial charge in [0.2, 0.25) is 5.91 Å². The van der Waals surface area contributed by atoms with Crippen molar-refractivity contribution < 1.29 is 9.53 Å². The summed E-state index contributed by atoms with van der Waals surface area (Å²) in [6.07, 6.45) is 1.16. The van der Waals surface area contributed by atoms with Crippen LogP contribution in [0.4, 0.5) is 0 Å². The minimum Gasteiger partial charge on any atom is -0.496 e. The average molecular weight is 250 g/mol. The van der Waals surface area contributed by atoms with E-state index in [0.29, 0.717) is 31.8 Å². The van der Waals surface area contributed by atoms with Crippen LogP contribution in [-0.2, 0) is 11.2 Å². The highest BCUT2D eigenvalue weighted by molar-refractivity contribution is 5.76. The lowest BCUT2D eigenvalue weighted by Crippen LogP contribution is -2.31. The number of rotatable bonds is 7. The summed E-state index contributed by atoms with van der Waals surface area (Å²) in [4.78, 5) is 11.6. The van der Waals surface area contributed by atoms with Gasteiger partial charge in [0.1, 0.15) is 5.75 Å². The molecule has 0 bridgehead atoms. The van der Waals surface area contributed by atoms with E-state index in [1.165, 1.54) is 0 Å². The predicted octanol–water partition coefficient (Wildman–Crippen LogP) is 1.34. The summed E-state index contributed by atoms with van der Waals surface area (Å²) in [5, 5.41) is 2.88. The van der Waals surface area contributed by atoms with Gasteiger partial charge < -0.3 is 15.8 Å². The molecule has 0 aliphatic carbocycles. The zero-order valence-electron chi connectivity index (χ0n) is 11.1. The molecule has 1 rings (SSSR count). The molecule has 0 spiro atoms. The minimum absolute atomic E-state index is 0.0567. The van der Waals surface area contributed by atoms with Crippen LogP contribution in [-0.4, -0.2) is 26.1 Å². The van der Waals surface area contributed by atoms with Crippen LogP contribution in [0.2, 0.25) is 0 Å². The summed E-state index contributed by atoms with van der Waals surface area (Å²) in [5.41, 5.74) is 6.55. The summed E-state index contributed by atoms with van der Waals surface area (Å²) in [6.45, 7) is 3.24. The number of nitrogens with one attached hydrogen (secondary N) is 1. The molecule has 3 N–H and O–H groups in total. The maximum Gasteiger partial charge on any atom is 0.220 e. The fourth-order valence-electron chi connectivity index (χ4n) is 1.62. The number of nitrogens with two attached hydrogens (primary N) is 1. The van der Waals surface area contributed by atoms with Crippen molar-refractivity contribution in [2.75, 3.05) is 20.2 Å². The quantitative estimate of drug-likeness (QED) is 0.767. The third kappa shape index (κ3) is 4.75. The average Bonchev–Trinajstić information content (AvgIpc) is 2.42. The monoisotopic (exact) mass is 250 g/mol. The topological polar surface area (TPSA) is 64.3 Å². The number of amides is 1. The first-order chi connectivity index (χ1) is 8.67. The molecule has 0 fully saturated rings. The Kier molecular flexibility index (Phi) is 6.22. The lowest BCUT2D eigenvalue weighted by molar-refractivity contribution is -0.121. The van der Waals surface area contributed by atoms with Gasteiger partial charge in [-0.15, -0.1) is 0 Å². The first-order valence-electron chi connectivity index (χ1n) is 6.26. The minimum atomic E-state index is 0.0567. The molecule has 0 aliphatic heterocycles. The summed E-state index contributed by atoms with van der Waals surface area (Å²) >= 11 is 0. The molecule has 0 aliphatic rings. The van der Waals surface area contributed by atoms with E-state index in [1.807, 2.05) is 31.2 Å². The Morgan fingerprint density at radius 3 is 2.83 bits per heavy atom. The van der Waals surface area contributed by atoms with Crippen LogP contribution in [0, 0.1) is 5.92 Å². The summed E-state index contributed by atoms with van der Waals surface area (Å²) < 4.78 is 5.24. The van der Waals surface area contributed by atoms with Crippen LogP contribution in [0.1, 0.15) is 18.9 Å². The van der Waals surface area contributed by atoms with Crippen LogP contribution in [0.3, 0.4) is 0 Å². The lowest BCUT2D eigenvalue weighted by Gasteiger charge is -2.11. The van der Waals surface area contributed by atoms with Gasteiger partial charge in [-0.3, -0.25) is 4.79 Å². The molecule has 0 saturated heterocycles. The lowest BCUT2D eigenvalue weighted by atomic mass is 10.1. The SMILES string of the molecule is COc1ccccc1CCC(=O)NCC(C)CN. The van der Waals surface area contributed by atoms with E-state index in [4.69, 9.17) is 10.5 Å². The Labute approximate surface area is 109 Å². The van der Waals surface area contributed by atoms with Crippen molar-refractivity contribution in [2.45, 2.75) is 19.8 Å². The third-order valence-corrected chi connectivity index (χ3v) is 2.86. The second-order valence-corrected chi connectivity index (χ2v) is 4.46. The first kappa shape index (κ1) is 14.5. The van der Waals surface area contributed by atoms with Crippen LogP contribution in [0.15, 0.2) is 24.3 Å². The normalized spacial score (nSPS) is 11.9. The largest absolute Gasteiger partial charge is 0.496 e. The number of carbonyl (C=O) groups is 1. The number of carbonyl (C=O) groups excluding carboxylic acids is 1. The van der Waals surface area contributed by atoms with Crippen molar-refractivity contribution >= 4 is 5.91 Å². The predicted molar refractivity (Wildman–Crippen MR) is 72.5 cm³/mol. The molecular weight excluding hydrogens is 228 g/mol. The number of aryl methyl sites for hydroxylation is 1. The van der Waals surface area contributed by atoms with E-state index in [-0.39, 0.29) is 5.91 Å². The van der Waals surface area contributed by atoms with E-state index in [1.54, 1.807) is 7.11 Å². The second-order valence-electron chi connectivity index (χ2n) is 4.46. The number of ether oxygens (including phenoxy) is 1. The molecule has 4 heteroatoms. The summed E-state index contributed by atoms with van der Waals surface area (Å²) in [5.74, 6) is 1.21. The van der Waals surface area contributed by atoms with Gasteiger partial charge in [-0.05, 0) is 30.5 Å². The van der Waals surface area contributed by atoms with Gasteiger partial charge in [0, 0.05) is 13.0 Å². The number of hydrogen-bond donors (Lipinski definition) is 2. The van der Waals surface area contributed by atoms with E-state index in [2.05, 4.69) is 5.32 Å². The molecule has 1 aromatic carbocycles. The standard InChI is InChI=1S/C14H22N2O2/c1-11(9-15)10-16-14(17)8-7-12-5-3-4-6-13(12)18-2/h3-6,11H,7-10,15H2,1-2H3,(H,16,17). The van der Waals surface area contributed by atoms with Crippen LogP contribution >= 0.6 is 0 Å². The molecule has 0 saturated carbocycles. The Balaban J connectivity index is 2.38. The fourth-order valence-corrected chi connectivity index (χ4v) is 1.62. The zero-order valence-corrected chi connectivity index (χ0v) is 11.1. The van der Waals surface area contributed by atoms with Gasteiger partial charge in [-0.1, -0.05) is 25.1 Å². The molecule has 4 nitrogen and oxygen atoms in total. The molecule has 1 unspecified atom stereocenters. The van der Waals surface area contributed by atoms with Crippen molar-refractivity contribution in [3.8, 4) is 5.75 Å². The van der Waals surface area contributed by atoms with Crippen molar-refractivity contribution in [1.82, 2.24) is 5.32 Å². The highest BCUT2D eigenvalue weighted by atomic mass is 16.5. The van der Waals surface area contributed by atoms with Gasteiger partial charge in [0.15, 0.2) is 0 Å². The molecule has 1 atom stereocenters. The van der Waals surface area contributed by atoms with E-state index < -0.39 is 0 Å². The highest BCUT2D eigenvalue weighted by Gasteiger charge is 2.07. The summed E-state index contributed by atoms with van der Waals surface area (Å²) in [7, 11) is 1.64. The van der Waals surface area contributed by atoms with E-state index in [9.17, 15) is 4.79 Å². The van der Waals surface area contributed by atoms with Crippen LogP contribution in [0.25, 0.3) is 0 Å². The zero-order chi connectivity index (χ0) is 13.4. The Morgan fingerprint density at radius 2 is 2.17 bits per heavy atom. The number of hydrogen-bond acceptors (Lipinski definition) is 3. The Morgan fingerprint density at radius 1 is 1.44 bits per heavy atom. The highest BCUT2D eigenvalue weighted by Crippen LogP contribution is 2.18. The molecule has 1 aromatic rings. The maximum absolute atomic E-state index is 11.6. The first-order valence-corrected chi connectivity index (χ1v) is 6.26. The fraction of sp³-hybridized carbons (Fsp3) is 0.500. The smallest absolute Gasteiger partial charge is 0.220 e. The van der Waals surface area contributed by atoms with Crippen LogP contribution in [0.5, 0.6) is 5.75 Å². The Hall–Kier alpha value is -1.55. The van der Waals surface area contributed by atoms with E-state index >= 15 is 0 Å². The van der Waals surface area contributed by atoms with Crippen molar-refractivity contribution in [3.63, 3.8) is 0 Å². The van der Waals surface area contributed by atoms with E-state index in [0.717, 1.165) is 11.3 Å². The van der Waals surface area contributed by atoms with Crippen LogP contribution < -0.4 is 15.8 Å². The van der Waals surface area contributed by atoms with Crippen molar-refractivity contribution in [3.05, 3.63) is 29.8 Å². The molecular formula is C14H22N2O2. The van der Waals surface area contributed by atoms with Gasteiger partial charge >= 0.3 is 0 Å². The van der Waals surface area contributed by atoms with Crippen molar-refractivity contribution in [1.29, 1.82) is 0 Å². The van der Waals surface area contributed by atoms with Gasteiger partial charge in [0.05, 0.1) is 7.11 Å². The van der Waals surface area contributed by atoms with Crippen molar-refractivity contribution in [2.24, 2.45) is 11.7 Å². The third-order valence-electron chi connectivity index (χ3n) is 2.86. The second kappa shape index (κ2) is 7.71. The number of benzene rings is 1. The summed E-state index contributed by atoms with van der Waals surface area (Å²) in [6, 6.07) is 7.76. The molecule has 0 aromatic heterocycles. The van der Waals surface area contributed by atoms with Gasteiger partial charge in [-0.25, -0.2) is 0 Å². The molecule has 0 radical (unpaired) electrons. The van der Waals surface area contributed by atoms with Gasteiger partial charge in [0.25, 0.3) is 0 Å². The molecule has 0 heterocycles. The maximum atomic E-state index is 11.6. The number of para-hydroxylation sites is 1. The molecule has 18 heavy (non-hydrogen) atoms. The molecule has 1 amide bonds.